The molecular weight excluding hydrogens is 504 g/mol. The molecule has 2 aromatic carbocycles. The molecule has 1 saturated heterocycles. The summed E-state index contributed by atoms with van der Waals surface area (Å²) in [6, 6.07) is 15.6. The number of carboxylic acid groups (broad SMARTS) is 1. The van der Waals surface area contributed by atoms with Gasteiger partial charge in [-0.2, -0.15) is 0 Å². The van der Waals surface area contributed by atoms with E-state index in [1.807, 2.05) is 47.4 Å². The van der Waals surface area contributed by atoms with E-state index in [0.717, 1.165) is 84.1 Å². The largest absolute Gasteiger partial charge is 0.481 e. The van der Waals surface area contributed by atoms with E-state index in [2.05, 4.69) is 27.4 Å². The summed E-state index contributed by atoms with van der Waals surface area (Å²) in [5, 5.41) is 10.2. The second kappa shape index (κ2) is 12.5. The van der Waals surface area contributed by atoms with Gasteiger partial charge in [-0.25, -0.2) is 9.97 Å². The number of amides is 1. The van der Waals surface area contributed by atoms with Gasteiger partial charge in [-0.1, -0.05) is 55.8 Å². The molecule has 40 heavy (non-hydrogen) atoms. The van der Waals surface area contributed by atoms with Gasteiger partial charge >= 0.3 is 5.97 Å². The predicted molar refractivity (Wildman–Crippen MR) is 157 cm³/mol. The predicted octanol–water partition coefficient (Wildman–Crippen LogP) is 4.26. The van der Waals surface area contributed by atoms with Gasteiger partial charge in [0.1, 0.15) is 11.3 Å². The Morgan fingerprint density at radius 3 is 2.60 bits per heavy atom. The molecule has 2 aromatic heterocycles. The third-order valence-electron chi connectivity index (χ3n) is 7.63. The Labute approximate surface area is 234 Å². The van der Waals surface area contributed by atoms with Gasteiger partial charge in [0.2, 0.25) is 5.91 Å². The van der Waals surface area contributed by atoms with E-state index >= 15 is 0 Å². The van der Waals surface area contributed by atoms with Crippen molar-refractivity contribution in [2.24, 2.45) is 0 Å². The number of anilines is 1. The van der Waals surface area contributed by atoms with Crippen LogP contribution in [0.4, 0.5) is 5.82 Å². The zero-order valence-electron chi connectivity index (χ0n) is 23.2. The first-order chi connectivity index (χ1) is 19.4. The van der Waals surface area contributed by atoms with Gasteiger partial charge < -0.3 is 20.3 Å². The lowest BCUT2D eigenvalue weighted by atomic mass is 10.1. The minimum atomic E-state index is -0.863. The van der Waals surface area contributed by atoms with E-state index < -0.39 is 5.97 Å². The number of hydrogen-bond donors (Lipinski definition) is 2. The fourth-order valence-corrected chi connectivity index (χ4v) is 5.45. The maximum atomic E-state index is 13.4. The number of para-hydroxylation sites is 1. The summed E-state index contributed by atoms with van der Waals surface area (Å²) in [4.78, 5) is 38.2. The minimum absolute atomic E-state index is 0.0320. The van der Waals surface area contributed by atoms with Crippen molar-refractivity contribution in [1.29, 1.82) is 0 Å². The first-order valence-corrected chi connectivity index (χ1v) is 14.3. The highest BCUT2D eigenvalue weighted by molar-refractivity contribution is 6.06. The van der Waals surface area contributed by atoms with Crippen molar-refractivity contribution in [3.8, 4) is 0 Å². The first kappa shape index (κ1) is 27.6. The van der Waals surface area contributed by atoms with E-state index in [9.17, 15) is 14.7 Å². The third kappa shape index (κ3) is 6.25. The lowest BCUT2D eigenvalue weighted by Crippen LogP contribution is -2.46. The van der Waals surface area contributed by atoms with Crippen LogP contribution in [-0.2, 0) is 35.5 Å². The van der Waals surface area contributed by atoms with Crippen LogP contribution in [-0.4, -0.2) is 67.5 Å². The van der Waals surface area contributed by atoms with Crippen molar-refractivity contribution in [3.05, 3.63) is 65.5 Å². The molecule has 0 unspecified atom stereocenters. The molecule has 1 amide bonds. The standard InChI is InChI=1S/C31H38N6O3/c1-2-3-13-26-34-29-30(24-11-4-5-12-25(24)33-31(29)32)37(26)17-8-16-36(27(38)21-35-14-7-15-35)20-23-10-6-9-22(18-23)19-28(39)40/h4-6,9-12,18H,2-3,7-8,13-17,19-21H2,1H3,(H2,32,33)(H,39,40). The summed E-state index contributed by atoms with van der Waals surface area (Å²) in [6.07, 6.45) is 4.80. The smallest absolute Gasteiger partial charge is 0.307 e. The third-order valence-corrected chi connectivity index (χ3v) is 7.63. The first-order valence-electron chi connectivity index (χ1n) is 14.3. The Morgan fingerprint density at radius 1 is 1.05 bits per heavy atom. The maximum absolute atomic E-state index is 13.4. The van der Waals surface area contributed by atoms with E-state index in [0.29, 0.717) is 32.0 Å². The molecular formula is C31H38N6O3. The number of aliphatic carboxylic acids is 1. The average Bonchev–Trinajstić information content (AvgIpc) is 3.28. The van der Waals surface area contributed by atoms with Gasteiger partial charge in [-0.3, -0.25) is 14.5 Å². The number of benzene rings is 2. The van der Waals surface area contributed by atoms with Crippen molar-refractivity contribution < 1.29 is 14.7 Å². The van der Waals surface area contributed by atoms with Crippen LogP contribution in [0.25, 0.3) is 21.9 Å². The summed E-state index contributed by atoms with van der Waals surface area (Å²) in [7, 11) is 0. The normalized spacial score (nSPS) is 13.5. The van der Waals surface area contributed by atoms with Crippen LogP contribution in [0.3, 0.4) is 0 Å². The quantitative estimate of drug-likeness (QED) is 0.259. The van der Waals surface area contributed by atoms with Crippen molar-refractivity contribution in [1.82, 2.24) is 24.3 Å². The number of carbonyl (C=O) groups is 2. The van der Waals surface area contributed by atoms with Crippen molar-refractivity contribution in [2.45, 2.75) is 58.5 Å². The zero-order chi connectivity index (χ0) is 28.1. The number of rotatable bonds is 13. The number of likely N-dealkylation sites (tertiary alicyclic amines) is 1. The van der Waals surface area contributed by atoms with Gasteiger partial charge in [-0.05, 0) is 49.5 Å². The molecule has 5 rings (SSSR count). The number of pyridine rings is 1. The summed E-state index contributed by atoms with van der Waals surface area (Å²) >= 11 is 0. The Hall–Kier alpha value is -3.98. The van der Waals surface area contributed by atoms with Gasteiger partial charge in [0.15, 0.2) is 5.82 Å². The molecule has 0 atom stereocenters. The summed E-state index contributed by atoms with van der Waals surface area (Å²) in [5.74, 6) is 0.681. The van der Waals surface area contributed by atoms with Crippen LogP contribution in [0.5, 0.6) is 0 Å². The van der Waals surface area contributed by atoms with E-state index in [4.69, 9.17) is 10.7 Å². The lowest BCUT2D eigenvalue weighted by Gasteiger charge is -2.33. The highest BCUT2D eigenvalue weighted by Crippen LogP contribution is 2.29. The van der Waals surface area contributed by atoms with E-state index in [1.54, 1.807) is 0 Å². The number of carbonyl (C=O) groups excluding carboxylic acids is 1. The second-order valence-corrected chi connectivity index (χ2v) is 10.7. The number of nitrogens with two attached hydrogens (primary N) is 1. The molecule has 0 saturated carbocycles. The van der Waals surface area contributed by atoms with Crippen LogP contribution < -0.4 is 5.73 Å². The number of unbranched alkanes of at least 4 members (excludes halogenated alkanes) is 1. The number of nitrogen functional groups attached to an aromatic ring is 1. The second-order valence-electron chi connectivity index (χ2n) is 10.7. The number of carboxylic acids is 1. The molecule has 4 aromatic rings. The van der Waals surface area contributed by atoms with Crippen LogP contribution >= 0.6 is 0 Å². The number of hydrogen-bond acceptors (Lipinski definition) is 6. The van der Waals surface area contributed by atoms with E-state index in [-0.39, 0.29) is 12.3 Å². The molecule has 9 nitrogen and oxygen atoms in total. The fraction of sp³-hybridized carbons (Fsp3) is 0.419. The molecule has 1 aliphatic rings. The van der Waals surface area contributed by atoms with Crippen LogP contribution in [0.15, 0.2) is 48.5 Å². The van der Waals surface area contributed by atoms with Gasteiger partial charge in [0, 0.05) is 31.4 Å². The Kier molecular flexibility index (Phi) is 8.60. The summed E-state index contributed by atoms with van der Waals surface area (Å²) in [5.41, 5.74) is 10.6. The summed E-state index contributed by atoms with van der Waals surface area (Å²) < 4.78 is 2.27. The molecule has 3 N–H and O–H groups in total. The molecule has 9 heteroatoms. The van der Waals surface area contributed by atoms with Crippen molar-refractivity contribution in [2.75, 3.05) is 31.9 Å². The minimum Gasteiger partial charge on any atom is -0.481 e. The number of fused-ring (bicyclic) bond motifs is 3. The molecule has 210 valence electrons. The Morgan fingerprint density at radius 2 is 1.85 bits per heavy atom. The molecule has 0 spiro atoms. The Balaban J connectivity index is 1.39. The van der Waals surface area contributed by atoms with Crippen LogP contribution in [0.2, 0.25) is 0 Å². The van der Waals surface area contributed by atoms with Crippen molar-refractivity contribution in [3.63, 3.8) is 0 Å². The molecule has 1 fully saturated rings. The fourth-order valence-electron chi connectivity index (χ4n) is 5.45. The molecule has 1 aliphatic heterocycles. The van der Waals surface area contributed by atoms with Gasteiger partial charge in [-0.15, -0.1) is 0 Å². The lowest BCUT2D eigenvalue weighted by molar-refractivity contribution is -0.136. The molecule has 0 aliphatic carbocycles. The number of nitrogens with zero attached hydrogens (tertiary/aromatic N) is 5. The Bertz CT molecular complexity index is 1510. The number of aryl methyl sites for hydroxylation is 2. The molecule has 3 heterocycles. The SMILES string of the molecule is CCCCc1nc2c(N)nc3ccccc3c2n1CCCN(Cc1cccc(CC(=O)O)c1)C(=O)CN1CCC1. The zero-order valence-corrected chi connectivity index (χ0v) is 23.2. The van der Waals surface area contributed by atoms with Gasteiger partial charge in [0.25, 0.3) is 0 Å². The monoisotopic (exact) mass is 542 g/mol. The van der Waals surface area contributed by atoms with E-state index in [1.165, 1.54) is 0 Å². The molecule has 0 radical (unpaired) electrons. The highest BCUT2D eigenvalue weighted by Gasteiger charge is 2.22. The maximum Gasteiger partial charge on any atom is 0.307 e. The van der Waals surface area contributed by atoms with Crippen LogP contribution in [0.1, 0.15) is 49.6 Å². The topological polar surface area (TPSA) is 118 Å². The number of aromatic nitrogens is 3. The van der Waals surface area contributed by atoms with Crippen molar-refractivity contribution >= 4 is 39.6 Å². The van der Waals surface area contributed by atoms with Gasteiger partial charge in [0.05, 0.1) is 24.0 Å². The summed E-state index contributed by atoms with van der Waals surface area (Å²) in [6.45, 7) is 6.24. The highest BCUT2D eigenvalue weighted by atomic mass is 16.4. The molecule has 0 bridgehead atoms. The number of imidazole rings is 1. The average molecular weight is 543 g/mol. The van der Waals surface area contributed by atoms with Crippen LogP contribution in [0, 0.1) is 0 Å².